The fraction of sp³-hybridized carbons (Fsp3) is 0.500. The molecule has 98 valence electrons. The molecular formula is C14H20N2O2. The van der Waals surface area contributed by atoms with Crippen molar-refractivity contribution in [3.8, 4) is 5.75 Å². The highest BCUT2D eigenvalue weighted by Gasteiger charge is 2.25. The topological polar surface area (TPSA) is 32.8 Å². The van der Waals surface area contributed by atoms with Gasteiger partial charge in [0.25, 0.3) is 0 Å². The minimum Gasteiger partial charge on any atom is -0.410 e. The number of benzene rings is 1. The van der Waals surface area contributed by atoms with Gasteiger partial charge in [-0.05, 0) is 45.1 Å². The number of piperidine rings is 1. The molecule has 1 heterocycles. The number of carbonyl (C=O) groups is 1. The smallest absolute Gasteiger partial charge is 0.410 e. The highest BCUT2D eigenvalue weighted by Crippen LogP contribution is 2.16. The Labute approximate surface area is 108 Å². The molecule has 4 nitrogen and oxygen atoms in total. The van der Waals surface area contributed by atoms with E-state index in [-0.39, 0.29) is 12.1 Å². The Balaban J connectivity index is 1.89. The maximum absolute atomic E-state index is 12.0. The third-order valence-electron chi connectivity index (χ3n) is 3.47. The number of para-hydroxylation sites is 1. The van der Waals surface area contributed by atoms with Crippen LogP contribution in [-0.4, -0.2) is 49.1 Å². The van der Waals surface area contributed by atoms with E-state index in [1.807, 2.05) is 25.2 Å². The Hall–Kier alpha value is -1.55. The first kappa shape index (κ1) is 12.9. The third-order valence-corrected chi connectivity index (χ3v) is 3.47. The van der Waals surface area contributed by atoms with Crippen molar-refractivity contribution >= 4 is 6.09 Å². The zero-order valence-electron chi connectivity index (χ0n) is 11.0. The third kappa shape index (κ3) is 3.23. The van der Waals surface area contributed by atoms with E-state index in [2.05, 4.69) is 11.9 Å². The molecule has 0 saturated carbocycles. The first-order valence-electron chi connectivity index (χ1n) is 6.35. The van der Waals surface area contributed by atoms with E-state index in [9.17, 15) is 4.79 Å². The van der Waals surface area contributed by atoms with E-state index in [1.165, 1.54) is 0 Å². The zero-order chi connectivity index (χ0) is 13.0. The molecule has 0 spiro atoms. The fourth-order valence-electron chi connectivity index (χ4n) is 2.19. The van der Waals surface area contributed by atoms with Crippen LogP contribution in [0.15, 0.2) is 30.3 Å². The molecule has 1 amide bonds. The summed E-state index contributed by atoms with van der Waals surface area (Å²) < 4.78 is 5.33. The SMILES string of the molecule is CN1CCC(N(C)C(=O)Oc2ccccc2)CC1. The summed E-state index contributed by atoms with van der Waals surface area (Å²) >= 11 is 0. The van der Waals surface area contributed by atoms with E-state index >= 15 is 0 Å². The van der Waals surface area contributed by atoms with Gasteiger partial charge in [-0.25, -0.2) is 4.79 Å². The van der Waals surface area contributed by atoms with Crippen LogP contribution in [0, 0.1) is 0 Å². The van der Waals surface area contributed by atoms with E-state index in [1.54, 1.807) is 17.0 Å². The average molecular weight is 248 g/mol. The molecule has 1 aliphatic rings. The number of rotatable bonds is 2. The Morgan fingerprint density at radius 2 is 1.89 bits per heavy atom. The molecule has 0 bridgehead atoms. The number of ether oxygens (including phenoxy) is 1. The second-order valence-corrected chi connectivity index (χ2v) is 4.83. The molecular weight excluding hydrogens is 228 g/mol. The Morgan fingerprint density at radius 1 is 1.28 bits per heavy atom. The van der Waals surface area contributed by atoms with Crippen LogP contribution in [0.5, 0.6) is 5.75 Å². The number of nitrogens with zero attached hydrogens (tertiary/aromatic N) is 2. The molecule has 0 radical (unpaired) electrons. The second kappa shape index (κ2) is 5.87. The van der Waals surface area contributed by atoms with Crippen molar-refractivity contribution in [1.82, 2.24) is 9.80 Å². The van der Waals surface area contributed by atoms with Gasteiger partial charge in [0.1, 0.15) is 5.75 Å². The lowest BCUT2D eigenvalue weighted by molar-refractivity contribution is 0.117. The Morgan fingerprint density at radius 3 is 2.50 bits per heavy atom. The minimum atomic E-state index is -0.268. The minimum absolute atomic E-state index is 0.268. The maximum Gasteiger partial charge on any atom is 0.415 e. The molecule has 0 unspecified atom stereocenters. The summed E-state index contributed by atoms with van der Waals surface area (Å²) in [6, 6.07) is 9.49. The van der Waals surface area contributed by atoms with Crippen molar-refractivity contribution in [1.29, 1.82) is 0 Å². The second-order valence-electron chi connectivity index (χ2n) is 4.83. The van der Waals surface area contributed by atoms with E-state index in [0.717, 1.165) is 25.9 Å². The van der Waals surface area contributed by atoms with Gasteiger partial charge in [0.05, 0.1) is 0 Å². The normalized spacial score (nSPS) is 17.4. The van der Waals surface area contributed by atoms with Crippen molar-refractivity contribution in [3.63, 3.8) is 0 Å². The van der Waals surface area contributed by atoms with E-state index < -0.39 is 0 Å². The summed E-state index contributed by atoms with van der Waals surface area (Å²) in [6.45, 7) is 2.07. The molecule has 1 fully saturated rings. The number of carbonyl (C=O) groups excluding carboxylic acids is 1. The number of likely N-dealkylation sites (tertiary alicyclic amines) is 1. The molecule has 1 aliphatic heterocycles. The molecule has 18 heavy (non-hydrogen) atoms. The van der Waals surface area contributed by atoms with E-state index in [4.69, 9.17) is 4.74 Å². The van der Waals surface area contributed by atoms with Gasteiger partial charge in [0.2, 0.25) is 0 Å². The van der Waals surface area contributed by atoms with Crippen LogP contribution in [0.25, 0.3) is 0 Å². The van der Waals surface area contributed by atoms with Gasteiger partial charge in [-0.15, -0.1) is 0 Å². The van der Waals surface area contributed by atoms with Crippen molar-refractivity contribution in [3.05, 3.63) is 30.3 Å². The quantitative estimate of drug-likeness (QED) is 0.804. The van der Waals surface area contributed by atoms with Gasteiger partial charge in [-0.3, -0.25) is 0 Å². The molecule has 4 heteroatoms. The summed E-state index contributed by atoms with van der Waals surface area (Å²) in [5.74, 6) is 0.599. The molecule has 1 saturated heterocycles. The predicted molar refractivity (Wildman–Crippen MR) is 70.7 cm³/mol. The zero-order valence-corrected chi connectivity index (χ0v) is 11.0. The molecule has 1 aromatic carbocycles. The Kier molecular flexibility index (Phi) is 4.20. The van der Waals surface area contributed by atoms with Crippen molar-refractivity contribution in [2.24, 2.45) is 0 Å². The van der Waals surface area contributed by atoms with Gasteiger partial charge in [0.15, 0.2) is 0 Å². The average Bonchev–Trinajstić information content (AvgIpc) is 2.40. The maximum atomic E-state index is 12.0. The van der Waals surface area contributed by atoms with Crippen LogP contribution in [0.1, 0.15) is 12.8 Å². The molecule has 1 aromatic rings. The van der Waals surface area contributed by atoms with Crippen LogP contribution in [0.2, 0.25) is 0 Å². The van der Waals surface area contributed by atoms with E-state index in [0.29, 0.717) is 5.75 Å². The van der Waals surface area contributed by atoms with Crippen molar-refractivity contribution in [2.45, 2.75) is 18.9 Å². The number of amides is 1. The monoisotopic (exact) mass is 248 g/mol. The summed E-state index contributed by atoms with van der Waals surface area (Å²) in [7, 11) is 3.93. The Bertz CT molecular complexity index is 386. The van der Waals surface area contributed by atoms with Crippen LogP contribution < -0.4 is 4.74 Å². The highest BCUT2D eigenvalue weighted by molar-refractivity contribution is 5.70. The van der Waals surface area contributed by atoms with Gasteiger partial charge in [-0.2, -0.15) is 0 Å². The lowest BCUT2D eigenvalue weighted by atomic mass is 10.0. The fourth-order valence-corrected chi connectivity index (χ4v) is 2.19. The first-order valence-corrected chi connectivity index (χ1v) is 6.35. The lowest BCUT2D eigenvalue weighted by Gasteiger charge is -2.34. The van der Waals surface area contributed by atoms with Crippen LogP contribution in [-0.2, 0) is 0 Å². The van der Waals surface area contributed by atoms with Gasteiger partial charge in [-0.1, -0.05) is 18.2 Å². The summed E-state index contributed by atoms with van der Waals surface area (Å²) in [5, 5.41) is 0. The number of hydrogen-bond donors (Lipinski definition) is 0. The molecule has 2 rings (SSSR count). The highest BCUT2D eigenvalue weighted by atomic mass is 16.6. The summed E-state index contributed by atoms with van der Waals surface area (Å²) in [5.41, 5.74) is 0. The molecule has 0 aliphatic carbocycles. The predicted octanol–water partition coefficient (Wildman–Crippen LogP) is 2.21. The van der Waals surface area contributed by atoms with Gasteiger partial charge in [0, 0.05) is 13.1 Å². The summed E-state index contributed by atoms with van der Waals surface area (Å²) in [4.78, 5) is 16.0. The van der Waals surface area contributed by atoms with Gasteiger partial charge < -0.3 is 14.5 Å². The van der Waals surface area contributed by atoms with Crippen LogP contribution in [0.3, 0.4) is 0 Å². The van der Waals surface area contributed by atoms with Crippen molar-refractivity contribution < 1.29 is 9.53 Å². The van der Waals surface area contributed by atoms with Crippen LogP contribution >= 0.6 is 0 Å². The summed E-state index contributed by atoms with van der Waals surface area (Å²) in [6.07, 6.45) is 1.75. The van der Waals surface area contributed by atoms with Crippen LogP contribution in [0.4, 0.5) is 4.79 Å². The number of hydrogen-bond acceptors (Lipinski definition) is 3. The first-order chi connectivity index (χ1) is 8.66. The molecule has 0 atom stereocenters. The standard InChI is InChI=1S/C14H20N2O2/c1-15-10-8-12(9-11-15)16(2)14(17)18-13-6-4-3-5-7-13/h3-7,12H,8-11H2,1-2H3. The lowest BCUT2D eigenvalue weighted by Crippen LogP contribution is -2.45. The largest absolute Gasteiger partial charge is 0.415 e. The van der Waals surface area contributed by atoms with Gasteiger partial charge >= 0.3 is 6.09 Å². The van der Waals surface area contributed by atoms with Crippen molar-refractivity contribution in [2.75, 3.05) is 27.2 Å². The molecule has 0 N–H and O–H groups in total. The molecule has 0 aromatic heterocycles.